The molecule has 8 heteroatoms. The molecule has 0 saturated carbocycles. The molecule has 0 aliphatic carbocycles. The maximum absolute atomic E-state index is 15.2. The van der Waals surface area contributed by atoms with Crippen molar-refractivity contribution in [2.75, 3.05) is 23.8 Å². The number of carbonyl (C=O) groups is 1. The quantitative estimate of drug-likeness (QED) is 0.605. The Balaban J connectivity index is 1.86. The molecule has 1 aromatic carbocycles. The number of amides is 1. The van der Waals surface area contributed by atoms with Gasteiger partial charge in [0.05, 0.1) is 6.54 Å². The van der Waals surface area contributed by atoms with Gasteiger partial charge in [-0.2, -0.15) is 0 Å². The van der Waals surface area contributed by atoms with Crippen LogP contribution >= 0.6 is 0 Å². The second-order valence-corrected chi connectivity index (χ2v) is 8.62. The van der Waals surface area contributed by atoms with E-state index in [9.17, 15) is 4.79 Å². The monoisotopic (exact) mass is 424 g/mol. The molecular formula is C23H25FN4O3. The Labute approximate surface area is 180 Å². The molecule has 0 unspecified atom stereocenters. The fourth-order valence-corrected chi connectivity index (χ4v) is 3.78. The van der Waals surface area contributed by atoms with Gasteiger partial charge in [0.15, 0.2) is 0 Å². The first-order chi connectivity index (χ1) is 14.5. The summed E-state index contributed by atoms with van der Waals surface area (Å²) in [5, 5.41) is 1.47. The Morgan fingerprint density at radius 3 is 2.68 bits per heavy atom. The van der Waals surface area contributed by atoms with Crippen molar-refractivity contribution in [2.24, 2.45) is 0 Å². The van der Waals surface area contributed by atoms with E-state index in [0.717, 1.165) is 5.39 Å². The number of anilines is 2. The summed E-state index contributed by atoms with van der Waals surface area (Å²) in [6.07, 6.45) is 1.07. The van der Waals surface area contributed by atoms with E-state index in [1.54, 1.807) is 46.0 Å². The van der Waals surface area contributed by atoms with Crippen LogP contribution in [0.25, 0.3) is 21.9 Å². The van der Waals surface area contributed by atoms with Crippen LogP contribution in [0.5, 0.6) is 5.88 Å². The van der Waals surface area contributed by atoms with E-state index >= 15 is 4.39 Å². The molecule has 3 aromatic rings. The second kappa shape index (κ2) is 7.37. The third-order valence-corrected chi connectivity index (χ3v) is 5.13. The zero-order chi connectivity index (χ0) is 22.5. The van der Waals surface area contributed by atoms with E-state index in [0.29, 0.717) is 58.3 Å². The Bertz CT molecular complexity index is 1200. The highest BCUT2D eigenvalue weighted by Crippen LogP contribution is 2.40. The fourth-order valence-electron chi connectivity index (χ4n) is 3.78. The average Bonchev–Trinajstić information content (AvgIpc) is 2.67. The molecule has 1 aliphatic rings. The molecule has 2 aromatic heterocycles. The molecule has 2 N–H and O–H groups in total. The van der Waals surface area contributed by atoms with Gasteiger partial charge in [0.25, 0.3) is 0 Å². The number of nitrogens with two attached hydrogens (primary N) is 1. The first kappa shape index (κ1) is 20.8. The summed E-state index contributed by atoms with van der Waals surface area (Å²) in [6.45, 7) is 9.64. The Kier molecular flexibility index (Phi) is 4.95. The number of rotatable bonds is 1. The number of ether oxygens (including phenoxy) is 2. The van der Waals surface area contributed by atoms with Gasteiger partial charge in [-0.1, -0.05) is 0 Å². The van der Waals surface area contributed by atoms with Gasteiger partial charge in [-0.3, -0.25) is 4.90 Å². The predicted molar refractivity (Wildman–Crippen MR) is 118 cm³/mol. The number of nitrogen functional groups attached to an aromatic ring is 1. The molecular weight excluding hydrogens is 399 g/mol. The van der Waals surface area contributed by atoms with E-state index in [-0.39, 0.29) is 0 Å². The van der Waals surface area contributed by atoms with Crippen LogP contribution in [-0.4, -0.2) is 34.8 Å². The van der Waals surface area contributed by atoms with Crippen molar-refractivity contribution >= 4 is 28.4 Å². The molecule has 162 valence electrons. The summed E-state index contributed by atoms with van der Waals surface area (Å²) in [5.74, 6) is 0.281. The number of hydrogen-bond donors (Lipinski definition) is 1. The molecule has 4 rings (SSSR count). The van der Waals surface area contributed by atoms with Gasteiger partial charge >= 0.3 is 6.09 Å². The molecule has 0 spiro atoms. The molecule has 0 saturated heterocycles. The minimum absolute atomic E-state index is 0.300. The highest BCUT2D eigenvalue weighted by atomic mass is 19.1. The van der Waals surface area contributed by atoms with E-state index in [2.05, 4.69) is 9.97 Å². The van der Waals surface area contributed by atoms with Gasteiger partial charge in [-0.25, -0.2) is 19.2 Å². The van der Waals surface area contributed by atoms with E-state index in [1.165, 1.54) is 11.0 Å². The topological polar surface area (TPSA) is 90.6 Å². The predicted octanol–water partition coefficient (Wildman–Crippen LogP) is 4.77. The SMILES string of the molecule is Cc1c(-c2cc3cc(N)nc(C)c3cc2F)cnc2c1N(C(=O)OC(C)(C)C)CCO2. The Hall–Kier alpha value is -3.42. The Morgan fingerprint density at radius 1 is 1.23 bits per heavy atom. The van der Waals surface area contributed by atoms with Crippen LogP contribution in [0.3, 0.4) is 0 Å². The summed E-state index contributed by atoms with van der Waals surface area (Å²) in [6, 6.07) is 4.89. The van der Waals surface area contributed by atoms with Crippen LogP contribution in [-0.2, 0) is 4.74 Å². The van der Waals surface area contributed by atoms with E-state index < -0.39 is 17.5 Å². The highest BCUT2D eigenvalue weighted by Gasteiger charge is 2.31. The summed E-state index contributed by atoms with van der Waals surface area (Å²) in [7, 11) is 0. The minimum Gasteiger partial charge on any atom is -0.474 e. The zero-order valence-electron chi connectivity index (χ0n) is 18.2. The van der Waals surface area contributed by atoms with E-state index in [1.807, 2.05) is 6.92 Å². The molecule has 0 atom stereocenters. The average molecular weight is 424 g/mol. The lowest BCUT2D eigenvalue weighted by molar-refractivity contribution is 0.0566. The van der Waals surface area contributed by atoms with Gasteiger partial charge in [-0.15, -0.1) is 0 Å². The van der Waals surface area contributed by atoms with Crippen LogP contribution in [0.4, 0.5) is 20.7 Å². The van der Waals surface area contributed by atoms with Crippen molar-refractivity contribution in [3.63, 3.8) is 0 Å². The van der Waals surface area contributed by atoms with Crippen LogP contribution in [0.1, 0.15) is 32.0 Å². The normalized spacial score (nSPS) is 13.7. The smallest absolute Gasteiger partial charge is 0.415 e. The van der Waals surface area contributed by atoms with Crippen molar-refractivity contribution in [3.8, 4) is 17.0 Å². The summed E-state index contributed by atoms with van der Waals surface area (Å²) >= 11 is 0. The minimum atomic E-state index is -0.648. The number of pyridine rings is 2. The zero-order valence-corrected chi connectivity index (χ0v) is 18.2. The lowest BCUT2D eigenvalue weighted by Gasteiger charge is -2.32. The van der Waals surface area contributed by atoms with Crippen LogP contribution in [0, 0.1) is 19.7 Å². The van der Waals surface area contributed by atoms with Gasteiger partial charge in [0, 0.05) is 28.4 Å². The number of aryl methyl sites for hydroxylation is 1. The number of aromatic nitrogens is 2. The van der Waals surface area contributed by atoms with Gasteiger partial charge in [0.1, 0.15) is 29.5 Å². The number of hydrogen-bond acceptors (Lipinski definition) is 6. The number of nitrogens with zero attached hydrogens (tertiary/aromatic N) is 3. The van der Waals surface area contributed by atoms with Crippen molar-refractivity contribution in [1.29, 1.82) is 0 Å². The molecule has 7 nitrogen and oxygen atoms in total. The molecule has 3 heterocycles. The molecule has 0 bridgehead atoms. The lowest BCUT2D eigenvalue weighted by Crippen LogP contribution is -2.42. The highest BCUT2D eigenvalue weighted by molar-refractivity contribution is 5.95. The van der Waals surface area contributed by atoms with Gasteiger partial charge < -0.3 is 15.2 Å². The largest absolute Gasteiger partial charge is 0.474 e. The number of benzene rings is 1. The van der Waals surface area contributed by atoms with Gasteiger partial charge in [-0.05, 0) is 63.8 Å². The first-order valence-corrected chi connectivity index (χ1v) is 10.0. The number of carbonyl (C=O) groups excluding carboxylic acids is 1. The lowest BCUT2D eigenvalue weighted by atomic mass is 9.97. The Morgan fingerprint density at radius 2 is 1.97 bits per heavy atom. The van der Waals surface area contributed by atoms with Crippen molar-refractivity contribution < 1.29 is 18.7 Å². The van der Waals surface area contributed by atoms with Crippen LogP contribution < -0.4 is 15.4 Å². The standard InChI is InChI=1S/C23H25FN4O3/c1-12-17(16-8-14-9-19(25)27-13(2)15(14)10-18(16)24)11-26-21-20(12)28(6-7-30-21)22(29)31-23(3,4)5/h8-11H,6-7H2,1-5H3,(H2,25,27). The third-order valence-electron chi connectivity index (χ3n) is 5.13. The van der Waals surface area contributed by atoms with Gasteiger partial charge in [0.2, 0.25) is 5.88 Å². The second-order valence-electron chi connectivity index (χ2n) is 8.62. The molecule has 1 amide bonds. The van der Waals surface area contributed by atoms with Crippen molar-refractivity contribution in [3.05, 3.63) is 41.5 Å². The summed E-state index contributed by atoms with van der Waals surface area (Å²) in [4.78, 5) is 22.9. The maximum atomic E-state index is 15.2. The fraction of sp³-hybridized carbons (Fsp3) is 0.348. The third kappa shape index (κ3) is 3.85. The first-order valence-electron chi connectivity index (χ1n) is 10.0. The molecule has 31 heavy (non-hydrogen) atoms. The van der Waals surface area contributed by atoms with Crippen molar-refractivity contribution in [2.45, 2.75) is 40.2 Å². The molecule has 0 radical (unpaired) electrons. The molecule has 0 fully saturated rings. The van der Waals surface area contributed by atoms with Crippen LogP contribution in [0.2, 0.25) is 0 Å². The summed E-state index contributed by atoms with van der Waals surface area (Å²) in [5.41, 5.74) is 7.98. The van der Waals surface area contributed by atoms with E-state index in [4.69, 9.17) is 15.2 Å². The van der Waals surface area contributed by atoms with Crippen molar-refractivity contribution in [1.82, 2.24) is 9.97 Å². The number of halogens is 1. The van der Waals surface area contributed by atoms with Crippen LogP contribution in [0.15, 0.2) is 24.4 Å². The summed E-state index contributed by atoms with van der Waals surface area (Å²) < 4.78 is 26.4. The number of fused-ring (bicyclic) bond motifs is 2. The molecule has 1 aliphatic heterocycles. The maximum Gasteiger partial charge on any atom is 0.415 e.